The molecule has 3 N–H and O–H groups in total. The Morgan fingerprint density at radius 1 is 0.967 bits per heavy atom. The SMILES string of the molecule is CCCCc1ccc(NC(=O)c2sc(NC(=O)Nc3ccc(F)cc3)nc2C)cc1. The predicted octanol–water partition coefficient (Wildman–Crippen LogP) is 5.83. The standard InChI is InChI=1S/C22H23FN4O2S/c1-3-4-5-15-6-10-17(11-7-15)25-20(28)19-14(2)24-22(30-19)27-21(29)26-18-12-8-16(23)9-13-18/h6-13H,3-5H2,1-2H3,(H,25,28)(H2,24,26,27,29). The summed E-state index contributed by atoms with van der Waals surface area (Å²) in [7, 11) is 0. The van der Waals surface area contributed by atoms with Gasteiger partial charge in [-0.1, -0.05) is 36.8 Å². The van der Waals surface area contributed by atoms with Crippen LogP contribution in [0.1, 0.15) is 40.7 Å². The molecule has 156 valence electrons. The fourth-order valence-corrected chi connectivity index (χ4v) is 3.63. The summed E-state index contributed by atoms with van der Waals surface area (Å²) >= 11 is 1.09. The van der Waals surface area contributed by atoms with E-state index in [1.54, 1.807) is 6.92 Å². The lowest BCUT2D eigenvalue weighted by Gasteiger charge is -2.06. The molecule has 3 aromatic rings. The van der Waals surface area contributed by atoms with Crippen LogP contribution in [0.25, 0.3) is 0 Å². The minimum atomic E-state index is -0.523. The highest BCUT2D eigenvalue weighted by molar-refractivity contribution is 7.17. The van der Waals surface area contributed by atoms with Gasteiger partial charge in [0.1, 0.15) is 10.7 Å². The average molecular weight is 427 g/mol. The Kier molecular flexibility index (Phi) is 7.13. The summed E-state index contributed by atoms with van der Waals surface area (Å²) in [5.41, 5.74) is 2.91. The van der Waals surface area contributed by atoms with Crippen molar-refractivity contribution in [3.8, 4) is 0 Å². The van der Waals surface area contributed by atoms with Crippen molar-refractivity contribution < 1.29 is 14.0 Å². The second kappa shape index (κ2) is 9.98. The zero-order chi connectivity index (χ0) is 21.5. The molecule has 6 nitrogen and oxygen atoms in total. The van der Waals surface area contributed by atoms with Gasteiger partial charge in [0.25, 0.3) is 5.91 Å². The number of aryl methyl sites for hydroxylation is 2. The van der Waals surface area contributed by atoms with Crippen molar-refractivity contribution in [3.05, 3.63) is 70.5 Å². The summed E-state index contributed by atoms with van der Waals surface area (Å²) in [6, 6.07) is 12.7. The van der Waals surface area contributed by atoms with E-state index in [0.717, 1.165) is 30.6 Å². The first-order valence-corrected chi connectivity index (χ1v) is 10.5. The Hall–Kier alpha value is -3.26. The number of benzene rings is 2. The van der Waals surface area contributed by atoms with Gasteiger partial charge in [0.05, 0.1) is 5.69 Å². The molecule has 1 heterocycles. The molecule has 0 aliphatic carbocycles. The van der Waals surface area contributed by atoms with Crippen LogP contribution in [0, 0.1) is 12.7 Å². The third-order valence-electron chi connectivity index (χ3n) is 4.36. The van der Waals surface area contributed by atoms with E-state index in [1.165, 1.54) is 29.8 Å². The van der Waals surface area contributed by atoms with Crippen LogP contribution in [0.3, 0.4) is 0 Å². The molecule has 3 rings (SSSR count). The molecular weight excluding hydrogens is 403 g/mol. The smallest absolute Gasteiger partial charge is 0.321 e. The number of aromatic nitrogens is 1. The lowest BCUT2D eigenvalue weighted by molar-refractivity contribution is 0.103. The van der Waals surface area contributed by atoms with Gasteiger partial charge in [0.2, 0.25) is 0 Å². The zero-order valence-corrected chi connectivity index (χ0v) is 17.6. The van der Waals surface area contributed by atoms with E-state index in [2.05, 4.69) is 27.9 Å². The average Bonchev–Trinajstić information content (AvgIpc) is 3.09. The first kappa shape index (κ1) is 21.4. The summed E-state index contributed by atoms with van der Waals surface area (Å²) in [4.78, 5) is 29.4. The Morgan fingerprint density at radius 3 is 2.27 bits per heavy atom. The fourth-order valence-electron chi connectivity index (χ4n) is 2.78. The number of halogens is 1. The van der Waals surface area contributed by atoms with Crippen LogP contribution in [0.5, 0.6) is 0 Å². The molecule has 0 unspecified atom stereocenters. The minimum absolute atomic E-state index is 0.279. The normalized spacial score (nSPS) is 10.5. The monoisotopic (exact) mass is 426 g/mol. The molecule has 30 heavy (non-hydrogen) atoms. The maximum Gasteiger partial charge on any atom is 0.325 e. The number of amides is 3. The topological polar surface area (TPSA) is 83.1 Å². The van der Waals surface area contributed by atoms with Gasteiger partial charge in [-0.15, -0.1) is 0 Å². The van der Waals surface area contributed by atoms with Crippen LogP contribution >= 0.6 is 11.3 Å². The number of urea groups is 1. The number of rotatable bonds is 7. The molecule has 0 radical (unpaired) electrons. The van der Waals surface area contributed by atoms with E-state index in [9.17, 15) is 14.0 Å². The molecule has 0 spiro atoms. The van der Waals surface area contributed by atoms with Crippen LogP contribution in [-0.4, -0.2) is 16.9 Å². The van der Waals surface area contributed by atoms with Crippen LogP contribution < -0.4 is 16.0 Å². The molecule has 3 amide bonds. The van der Waals surface area contributed by atoms with Crippen molar-refractivity contribution in [3.63, 3.8) is 0 Å². The Balaban J connectivity index is 1.59. The fraction of sp³-hybridized carbons (Fsp3) is 0.227. The van der Waals surface area contributed by atoms with Crippen LogP contribution in [0.4, 0.5) is 25.7 Å². The Bertz CT molecular complexity index is 1020. The number of nitrogens with one attached hydrogen (secondary N) is 3. The number of carbonyl (C=O) groups excluding carboxylic acids is 2. The molecule has 0 fully saturated rings. The number of thiazole rings is 1. The summed E-state index contributed by atoms with van der Waals surface area (Å²) in [6.45, 7) is 3.86. The zero-order valence-electron chi connectivity index (χ0n) is 16.8. The number of carbonyl (C=O) groups is 2. The molecule has 0 saturated heterocycles. The highest BCUT2D eigenvalue weighted by atomic mass is 32.1. The number of nitrogens with zero attached hydrogens (tertiary/aromatic N) is 1. The van der Waals surface area contributed by atoms with Gasteiger partial charge in [0.15, 0.2) is 5.13 Å². The van der Waals surface area contributed by atoms with Crippen molar-refractivity contribution in [1.29, 1.82) is 0 Å². The van der Waals surface area contributed by atoms with Crippen molar-refractivity contribution in [1.82, 2.24) is 4.98 Å². The van der Waals surface area contributed by atoms with Gasteiger partial charge >= 0.3 is 6.03 Å². The Morgan fingerprint density at radius 2 is 1.60 bits per heavy atom. The number of hydrogen-bond donors (Lipinski definition) is 3. The number of unbranched alkanes of at least 4 members (excludes halogenated alkanes) is 1. The molecular formula is C22H23FN4O2S. The first-order chi connectivity index (χ1) is 14.4. The first-order valence-electron chi connectivity index (χ1n) is 9.66. The van der Waals surface area contributed by atoms with Gasteiger partial charge < -0.3 is 10.6 Å². The summed E-state index contributed by atoms with van der Waals surface area (Å²) in [5.74, 6) is -0.666. The molecule has 0 saturated carbocycles. The maximum absolute atomic E-state index is 12.9. The van der Waals surface area contributed by atoms with Crippen molar-refractivity contribution in [2.45, 2.75) is 33.1 Å². The van der Waals surface area contributed by atoms with E-state index >= 15 is 0 Å². The third kappa shape index (κ3) is 5.87. The quantitative estimate of drug-likeness (QED) is 0.444. The highest BCUT2D eigenvalue weighted by Crippen LogP contribution is 2.24. The number of hydrogen-bond acceptors (Lipinski definition) is 4. The van der Waals surface area contributed by atoms with Gasteiger partial charge in [-0.05, 0) is 61.7 Å². The van der Waals surface area contributed by atoms with Crippen LogP contribution in [-0.2, 0) is 6.42 Å². The molecule has 0 bridgehead atoms. The third-order valence-corrected chi connectivity index (χ3v) is 5.43. The van der Waals surface area contributed by atoms with E-state index < -0.39 is 6.03 Å². The lowest BCUT2D eigenvalue weighted by Crippen LogP contribution is -2.19. The minimum Gasteiger partial charge on any atom is -0.321 e. The van der Waals surface area contributed by atoms with E-state index in [4.69, 9.17) is 0 Å². The van der Waals surface area contributed by atoms with Gasteiger partial charge in [-0.25, -0.2) is 14.2 Å². The number of anilines is 3. The van der Waals surface area contributed by atoms with E-state index in [1.807, 2.05) is 24.3 Å². The van der Waals surface area contributed by atoms with Crippen LogP contribution in [0.15, 0.2) is 48.5 Å². The van der Waals surface area contributed by atoms with E-state index in [-0.39, 0.29) is 11.7 Å². The molecule has 8 heteroatoms. The maximum atomic E-state index is 12.9. The molecule has 2 aromatic carbocycles. The second-order valence-electron chi connectivity index (χ2n) is 6.77. The summed E-state index contributed by atoms with van der Waals surface area (Å²) in [6.07, 6.45) is 3.30. The second-order valence-corrected chi connectivity index (χ2v) is 7.77. The molecule has 1 aromatic heterocycles. The molecule has 0 aliphatic rings. The van der Waals surface area contributed by atoms with E-state index in [0.29, 0.717) is 27.1 Å². The van der Waals surface area contributed by atoms with Crippen molar-refractivity contribution in [2.24, 2.45) is 0 Å². The largest absolute Gasteiger partial charge is 0.325 e. The van der Waals surface area contributed by atoms with Gasteiger partial charge in [-0.3, -0.25) is 10.1 Å². The molecule has 0 atom stereocenters. The van der Waals surface area contributed by atoms with Crippen LogP contribution in [0.2, 0.25) is 0 Å². The summed E-state index contributed by atoms with van der Waals surface area (Å²) in [5, 5.41) is 8.34. The van der Waals surface area contributed by atoms with Crippen molar-refractivity contribution in [2.75, 3.05) is 16.0 Å². The van der Waals surface area contributed by atoms with Crippen molar-refractivity contribution >= 4 is 39.8 Å². The van der Waals surface area contributed by atoms with Gasteiger partial charge in [0, 0.05) is 11.4 Å². The molecule has 0 aliphatic heterocycles. The summed E-state index contributed by atoms with van der Waals surface area (Å²) < 4.78 is 12.9. The Labute approximate surface area is 178 Å². The predicted molar refractivity (Wildman–Crippen MR) is 119 cm³/mol. The van der Waals surface area contributed by atoms with Gasteiger partial charge in [-0.2, -0.15) is 0 Å². The highest BCUT2D eigenvalue weighted by Gasteiger charge is 2.17. The lowest BCUT2D eigenvalue weighted by atomic mass is 10.1.